The summed E-state index contributed by atoms with van der Waals surface area (Å²) in [4.78, 5) is 2.07. The molecule has 0 aliphatic carbocycles. The zero-order valence-corrected chi connectivity index (χ0v) is 21.5. The summed E-state index contributed by atoms with van der Waals surface area (Å²) in [6, 6.07) is 16.1. The molecule has 0 saturated heterocycles. The second-order valence-corrected chi connectivity index (χ2v) is 9.56. The van der Waals surface area contributed by atoms with Crippen molar-refractivity contribution in [2.24, 2.45) is 0 Å². The molecule has 6 heteroatoms. The van der Waals surface area contributed by atoms with E-state index in [1.807, 2.05) is 77.1 Å². The fourth-order valence-electron chi connectivity index (χ4n) is 4.52. The summed E-state index contributed by atoms with van der Waals surface area (Å²) in [5.74, 6) is 2.11. The van der Waals surface area contributed by atoms with Gasteiger partial charge in [-0.05, 0) is 69.9 Å². The van der Waals surface area contributed by atoms with Gasteiger partial charge in [-0.25, -0.2) is 0 Å². The van der Waals surface area contributed by atoms with E-state index in [0.717, 1.165) is 39.2 Å². The van der Waals surface area contributed by atoms with Crippen LogP contribution in [0.4, 0.5) is 5.88 Å². The summed E-state index contributed by atoms with van der Waals surface area (Å²) in [6.07, 6.45) is 1.96. The number of allylic oxidation sites excluding steroid dienone is 2. The molecule has 2 aromatic carbocycles. The summed E-state index contributed by atoms with van der Waals surface area (Å²) >= 11 is 0. The standard InChI is InChI=1S/C29H34N2O4/c1-18-15-26(27(33-7)21(4)31(18)28-19(2)20(3)30-35-28)34-17-22-13-14-24(23-11-9-8-10-12-23)25(16-22)29(5,6)32/h8-16,21,32H,17H2,1-7H3. The Morgan fingerprint density at radius 1 is 1.09 bits per heavy atom. The Morgan fingerprint density at radius 3 is 2.40 bits per heavy atom. The van der Waals surface area contributed by atoms with Crippen LogP contribution in [0.5, 0.6) is 0 Å². The van der Waals surface area contributed by atoms with Crippen LogP contribution in [0.25, 0.3) is 11.1 Å². The van der Waals surface area contributed by atoms with Crippen LogP contribution in [-0.4, -0.2) is 23.4 Å². The normalized spacial score (nSPS) is 16.4. The molecule has 35 heavy (non-hydrogen) atoms. The molecular weight excluding hydrogens is 440 g/mol. The van der Waals surface area contributed by atoms with Gasteiger partial charge in [0.1, 0.15) is 6.61 Å². The highest BCUT2D eigenvalue weighted by atomic mass is 16.5. The van der Waals surface area contributed by atoms with Crippen LogP contribution in [0.15, 0.2) is 76.3 Å². The molecule has 0 fully saturated rings. The van der Waals surface area contributed by atoms with Gasteiger partial charge in [0.15, 0.2) is 11.5 Å². The number of anilines is 1. The molecule has 3 aromatic rings. The zero-order valence-electron chi connectivity index (χ0n) is 21.5. The van der Waals surface area contributed by atoms with Gasteiger partial charge in [0.25, 0.3) is 0 Å². The number of benzene rings is 2. The van der Waals surface area contributed by atoms with Crippen molar-refractivity contribution in [2.45, 2.75) is 59.8 Å². The van der Waals surface area contributed by atoms with Crippen molar-refractivity contribution < 1.29 is 19.1 Å². The molecule has 6 nitrogen and oxygen atoms in total. The molecule has 2 heterocycles. The third-order valence-electron chi connectivity index (χ3n) is 6.52. The molecule has 1 aromatic heterocycles. The molecular formula is C29H34N2O4. The van der Waals surface area contributed by atoms with Crippen molar-refractivity contribution in [3.63, 3.8) is 0 Å². The molecule has 0 radical (unpaired) electrons. The first-order valence-electron chi connectivity index (χ1n) is 11.8. The Balaban J connectivity index is 1.61. The van der Waals surface area contributed by atoms with Crippen LogP contribution >= 0.6 is 0 Å². The SMILES string of the molecule is COC1=C(OCc2ccc(-c3ccccc3)c(C(C)(C)O)c2)C=C(C)N(c2onc(C)c2C)C1C. The Kier molecular flexibility index (Phi) is 6.77. The average Bonchev–Trinajstić information content (AvgIpc) is 3.15. The molecule has 0 spiro atoms. The lowest BCUT2D eigenvalue weighted by Crippen LogP contribution is -2.37. The minimum atomic E-state index is -0.998. The van der Waals surface area contributed by atoms with Crippen molar-refractivity contribution in [3.05, 3.63) is 94.2 Å². The smallest absolute Gasteiger partial charge is 0.235 e. The number of aromatic nitrogens is 1. The maximum Gasteiger partial charge on any atom is 0.235 e. The quantitative estimate of drug-likeness (QED) is 0.429. The zero-order chi connectivity index (χ0) is 25.3. The highest BCUT2D eigenvalue weighted by molar-refractivity contribution is 5.69. The summed E-state index contributed by atoms with van der Waals surface area (Å²) in [5, 5.41) is 15.0. The summed E-state index contributed by atoms with van der Waals surface area (Å²) < 4.78 is 17.7. The largest absolute Gasteiger partial charge is 0.495 e. The second-order valence-electron chi connectivity index (χ2n) is 9.56. The lowest BCUT2D eigenvalue weighted by atomic mass is 9.88. The third-order valence-corrected chi connectivity index (χ3v) is 6.52. The van der Waals surface area contributed by atoms with Gasteiger partial charge >= 0.3 is 0 Å². The first-order valence-corrected chi connectivity index (χ1v) is 11.8. The van der Waals surface area contributed by atoms with Crippen molar-refractivity contribution in [1.29, 1.82) is 0 Å². The maximum absolute atomic E-state index is 10.9. The first kappa shape index (κ1) is 24.6. The highest BCUT2D eigenvalue weighted by Gasteiger charge is 2.32. The number of nitrogens with zero attached hydrogens (tertiary/aromatic N) is 2. The number of ether oxygens (including phenoxy) is 2. The summed E-state index contributed by atoms with van der Waals surface area (Å²) in [5.41, 5.74) is 5.75. The molecule has 1 atom stereocenters. The number of rotatable bonds is 7. The molecule has 1 aliphatic rings. The Hall–Kier alpha value is -3.51. The summed E-state index contributed by atoms with van der Waals surface area (Å²) in [7, 11) is 1.65. The van der Waals surface area contributed by atoms with E-state index in [0.29, 0.717) is 24.0 Å². The molecule has 0 saturated carbocycles. The van der Waals surface area contributed by atoms with E-state index in [9.17, 15) is 5.11 Å². The number of methoxy groups -OCH3 is 1. The van der Waals surface area contributed by atoms with Crippen LogP contribution in [0, 0.1) is 13.8 Å². The van der Waals surface area contributed by atoms with Gasteiger partial charge in [-0.2, -0.15) is 0 Å². The van der Waals surface area contributed by atoms with E-state index >= 15 is 0 Å². The van der Waals surface area contributed by atoms with Gasteiger partial charge in [0.2, 0.25) is 5.88 Å². The van der Waals surface area contributed by atoms with Gasteiger partial charge in [0.05, 0.1) is 24.4 Å². The van der Waals surface area contributed by atoms with E-state index < -0.39 is 5.60 Å². The maximum atomic E-state index is 10.9. The predicted octanol–water partition coefficient (Wildman–Crippen LogP) is 6.37. The monoisotopic (exact) mass is 474 g/mol. The molecule has 1 aliphatic heterocycles. The molecule has 0 amide bonds. The van der Waals surface area contributed by atoms with E-state index in [2.05, 4.69) is 29.1 Å². The van der Waals surface area contributed by atoms with Gasteiger partial charge < -0.3 is 24.0 Å². The predicted molar refractivity (Wildman–Crippen MR) is 138 cm³/mol. The number of aliphatic hydroxyl groups is 1. The van der Waals surface area contributed by atoms with Gasteiger partial charge in [-0.1, -0.05) is 47.6 Å². The topological polar surface area (TPSA) is 68.0 Å². The minimum Gasteiger partial charge on any atom is -0.495 e. The second kappa shape index (κ2) is 9.62. The van der Waals surface area contributed by atoms with Crippen LogP contribution in [0.1, 0.15) is 50.1 Å². The number of hydrogen-bond donors (Lipinski definition) is 1. The highest BCUT2D eigenvalue weighted by Crippen LogP contribution is 2.36. The van der Waals surface area contributed by atoms with Crippen molar-refractivity contribution in [3.8, 4) is 11.1 Å². The molecule has 1 N–H and O–H groups in total. The van der Waals surface area contributed by atoms with Crippen molar-refractivity contribution >= 4 is 5.88 Å². The number of hydrogen-bond acceptors (Lipinski definition) is 6. The van der Waals surface area contributed by atoms with Crippen LogP contribution in [0.3, 0.4) is 0 Å². The first-order chi connectivity index (χ1) is 16.6. The molecule has 1 unspecified atom stereocenters. The lowest BCUT2D eigenvalue weighted by Gasteiger charge is -2.34. The molecule has 0 bridgehead atoms. The third kappa shape index (κ3) is 4.84. The fraction of sp³-hybridized carbons (Fsp3) is 0.345. The van der Waals surface area contributed by atoms with E-state index in [1.165, 1.54) is 0 Å². The van der Waals surface area contributed by atoms with Crippen LogP contribution in [-0.2, 0) is 21.7 Å². The fourth-order valence-corrected chi connectivity index (χ4v) is 4.52. The van der Waals surface area contributed by atoms with E-state index in [1.54, 1.807) is 7.11 Å². The molecule has 4 rings (SSSR count). The van der Waals surface area contributed by atoms with E-state index in [4.69, 9.17) is 14.0 Å². The molecule has 184 valence electrons. The van der Waals surface area contributed by atoms with E-state index in [-0.39, 0.29) is 6.04 Å². The van der Waals surface area contributed by atoms with Crippen molar-refractivity contribution in [2.75, 3.05) is 12.0 Å². The Bertz CT molecular complexity index is 1270. The Morgan fingerprint density at radius 2 is 1.80 bits per heavy atom. The van der Waals surface area contributed by atoms with Gasteiger partial charge in [-0.3, -0.25) is 0 Å². The van der Waals surface area contributed by atoms with Crippen LogP contribution < -0.4 is 4.90 Å². The number of aryl methyl sites for hydroxylation is 1. The lowest BCUT2D eigenvalue weighted by molar-refractivity contribution is 0.0789. The summed E-state index contributed by atoms with van der Waals surface area (Å²) in [6.45, 7) is 12.0. The average molecular weight is 475 g/mol. The Labute approximate surface area is 207 Å². The minimum absolute atomic E-state index is 0.126. The van der Waals surface area contributed by atoms with Crippen molar-refractivity contribution in [1.82, 2.24) is 5.16 Å². The van der Waals surface area contributed by atoms with Gasteiger partial charge in [0, 0.05) is 17.3 Å². The van der Waals surface area contributed by atoms with Crippen LogP contribution in [0.2, 0.25) is 0 Å². The van der Waals surface area contributed by atoms with Gasteiger partial charge in [-0.15, -0.1) is 0 Å².